The molecule has 0 aliphatic heterocycles. The van der Waals surface area contributed by atoms with Gasteiger partial charge >= 0.3 is 14.9 Å². The summed E-state index contributed by atoms with van der Waals surface area (Å²) in [6, 6.07) is 0. The molecule has 2 atom stereocenters. The Balaban J connectivity index is 3.61. The Labute approximate surface area is 60.0 Å². The van der Waals surface area contributed by atoms with Crippen LogP contribution in [0.15, 0.2) is 0 Å². The van der Waals surface area contributed by atoms with E-state index >= 15 is 0 Å². The third-order valence-electron chi connectivity index (χ3n) is 0.453. The van der Waals surface area contributed by atoms with Gasteiger partial charge in [0.15, 0.2) is 0 Å². The summed E-state index contributed by atoms with van der Waals surface area (Å²) in [6.07, 6.45) is -4.73. The van der Waals surface area contributed by atoms with Gasteiger partial charge in [-0.3, -0.25) is 0 Å². The van der Waals surface area contributed by atoms with E-state index in [-0.39, 0.29) is 12.0 Å². The van der Waals surface area contributed by atoms with Gasteiger partial charge in [-0.2, -0.15) is 13.2 Å². The summed E-state index contributed by atoms with van der Waals surface area (Å²) in [6.45, 7) is 0. The zero-order chi connectivity index (χ0) is 8.20. The lowest BCUT2D eigenvalue weighted by Gasteiger charge is -2.08. The molecule has 0 spiro atoms. The van der Waals surface area contributed by atoms with E-state index in [2.05, 4.69) is 3.97 Å². The van der Waals surface area contributed by atoms with Gasteiger partial charge in [-0.15, -0.1) is 0 Å². The van der Waals surface area contributed by atoms with Crippen LogP contribution in [0.3, 0.4) is 0 Å². The van der Waals surface area contributed by atoms with Crippen molar-refractivity contribution in [3.05, 3.63) is 0 Å². The molecule has 0 amide bonds. The number of hydrogen-bond acceptors (Lipinski definition) is 4. The van der Waals surface area contributed by atoms with Crippen LogP contribution in [-0.2, 0) is 8.54 Å². The van der Waals surface area contributed by atoms with Gasteiger partial charge in [0.2, 0.25) is 5.44 Å². The smallest absolute Gasteiger partial charge is 0.372 e. The molecule has 1 unspecified atom stereocenters. The molecule has 0 aliphatic carbocycles. The van der Waals surface area contributed by atoms with Crippen LogP contribution in [0.4, 0.5) is 13.2 Å². The summed E-state index contributed by atoms with van der Waals surface area (Å²) in [5.74, 6) is 0. The van der Waals surface area contributed by atoms with E-state index in [9.17, 15) is 17.7 Å². The Bertz CT molecular complexity index is 117. The summed E-state index contributed by atoms with van der Waals surface area (Å²) < 4.78 is 47.2. The van der Waals surface area contributed by atoms with Crippen LogP contribution in [0.25, 0.3) is 0 Å². The normalized spacial score (nSPS) is 15.6. The van der Waals surface area contributed by atoms with Crippen LogP contribution in [0.1, 0.15) is 0 Å². The predicted molar refractivity (Wildman–Crippen MR) is 29.7 cm³/mol. The molecule has 0 fully saturated rings. The standard InChI is InChI=1S/C2H3F3O3PS/c3-2(4,5)1(6)10-8-9-7/h1,6,9H/q+1/t1-/m1/s1. The summed E-state index contributed by atoms with van der Waals surface area (Å²) >= 11 is -0.286. The molecule has 3 nitrogen and oxygen atoms in total. The lowest BCUT2D eigenvalue weighted by molar-refractivity contribution is -0.174. The third-order valence-corrected chi connectivity index (χ3v) is 1.56. The molecule has 0 radical (unpaired) electrons. The van der Waals surface area contributed by atoms with Gasteiger partial charge in [0.1, 0.15) is 0 Å². The number of aliphatic hydroxyl groups excluding tert-OH is 1. The zero-order valence-electron chi connectivity index (χ0n) is 4.38. The highest BCUT2D eigenvalue weighted by Gasteiger charge is 2.40. The van der Waals surface area contributed by atoms with E-state index in [1.54, 1.807) is 0 Å². The van der Waals surface area contributed by atoms with Gasteiger partial charge in [-0.1, -0.05) is 3.97 Å². The molecule has 0 aromatic carbocycles. The predicted octanol–water partition coefficient (Wildman–Crippen LogP) is 1.47. The van der Waals surface area contributed by atoms with Gasteiger partial charge in [-0.25, -0.2) is 0 Å². The summed E-state index contributed by atoms with van der Waals surface area (Å²) in [5, 5.41) is 8.10. The second kappa shape index (κ2) is 4.12. The Morgan fingerprint density at radius 2 is 2.10 bits per heavy atom. The first-order chi connectivity index (χ1) is 4.48. The van der Waals surface area contributed by atoms with E-state index < -0.39 is 20.3 Å². The molecule has 0 heterocycles. The maximum absolute atomic E-state index is 11.3. The van der Waals surface area contributed by atoms with Gasteiger partial charge < -0.3 is 5.11 Å². The molecule has 0 aliphatic rings. The quantitative estimate of drug-likeness (QED) is 0.420. The van der Waals surface area contributed by atoms with Crippen molar-refractivity contribution < 1.29 is 26.8 Å². The highest BCUT2D eigenvalue weighted by atomic mass is 32.2. The van der Waals surface area contributed by atoms with Gasteiger partial charge in [0.25, 0.3) is 0 Å². The number of aliphatic hydroxyl groups is 1. The molecule has 0 saturated carbocycles. The minimum atomic E-state index is -4.73. The van der Waals surface area contributed by atoms with E-state index in [0.29, 0.717) is 0 Å². The molecule has 0 bridgehead atoms. The van der Waals surface area contributed by atoms with Crippen LogP contribution in [0.2, 0.25) is 0 Å². The van der Waals surface area contributed by atoms with Crippen LogP contribution < -0.4 is 0 Å². The van der Waals surface area contributed by atoms with Crippen molar-refractivity contribution in [3.63, 3.8) is 0 Å². The Morgan fingerprint density at radius 1 is 1.60 bits per heavy atom. The number of hydrogen-bond donors (Lipinski definition) is 1. The first kappa shape index (κ1) is 10.2. The number of rotatable bonds is 3. The lowest BCUT2D eigenvalue weighted by atomic mass is 10.7. The average Bonchev–Trinajstić information content (AvgIpc) is 1.80. The molecule has 8 heteroatoms. The topological polar surface area (TPSA) is 46.5 Å². The Kier molecular flexibility index (Phi) is 4.19. The fourth-order valence-electron chi connectivity index (χ4n) is 0.120. The monoisotopic (exact) mass is 195 g/mol. The van der Waals surface area contributed by atoms with Crippen molar-refractivity contribution in [2.75, 3.05) is 0 Å². The first-order valence-electron chi connectivity index (χ1n) is 1.92. The van der Waals surface area contributed by atoms with Crippen molar-refractivity contribution in [1.29, 1.82) is 0 Å². The van der Waals surface area contributed by atoms with Crippen molar-refractivity contribution in [2.45, 2.75) is 11.6 Å². The number of halogens is 3. The fraction of sp³-hybridized carbons (Fsp3) is 1.00. The molecule has 0 rings (SSSR count). The fourth-order valence-corrected chi connectivity index (χ4v) is 0.751. The van der Waals surface area contributed by atoms with Crippen LogP contribution >= 0.6 is 20.7 Å². The Hall–Kier alpha value is 0.160. The molecular formula is C2H3F3O3PS+. The van der Waals surface area contributed by atoms with E-state index in [0.717, 1.165) is 0 Å². The van der Waals surface area contributed by atoms with E-state index in [1.165, 1.54) is 0 Å². The molecule has 0 aromatic heterocycles. The maximum atomic E-state index is 11.3. The second-order valence-electron chi connectivity index (χ2n) is 1.16. The second-order valence-corrected chi connectivity index (χ2v) is 2.63. The maximum Gasteiger partial charge on any atom is 0.506 e. The minimum absolute atomic E-state index is 0.286. The van der Waals surface area contributed by atoms with Crippen LogP contribution in [0.5, 0.6) is 0 Å². The minimum Gasteiger partial charge on any atom is -0.372 e. The van der Waals surface area contributed by atoms with E-state index in [1.807, 2.05) is 0 Å². The van der Waals surface area contributed by atoms with Crippen molar-refractivity contribution in [3.8, 4) is 0 Å². The molecule has 10 heavy (non-hydrogen) atoms. The van der Waals surface area contributed by atoms with Gasteiger partial charge in [-0.05, 0) is 4.57 Å². The molecule has 0 aromatic rings. The van der Waals surface area contributed by atoms with Gasteiger partial charge in [0, 0.05) is 0 Å². The molecule has 1 N–H and O–H groups in total. The third kappa shape index (κ3) is 4.05. The average molecular weight is 195 g/mol. The summed E-state index contributed by atoms with van der Waals surface area (Å²) in [7, 11) is -1.32. The van der Waals surface area contributed by atoms with Crippen molar-refractivity contribution >= 4 is 20.7 Å². The van der Waals surface area contributed by atoms with Crippen molar-refractivity contribution in [2.24, 2.45) is 0 Å². The SMILES string of the molecule is O=[PH+]OS[C@@H](O)C(F)(F)F. The highest BCUT2D eigenvalue weighted by Crippen LogP contribution is 2.30. The van der Waals surface area contributed by atoms with Crippen LogP contribution in [-0.4, -0.2) is 16.7 Å². The summed E-state index contributed by atoms with van der Waals surface area (Å²) in [5.41, 5.74) is -2.63. The van der Waals surface area contributed by atoms with Gasteiger partial charge in [0.05, 0.1) is 12.0 Å². The zero-order valence-corrected chi connectivity index (χ0v) is 6.20. The largest absolute Gasteiger partial charge is 0.506 e. The highest BCUT2D eigenvalue weighted by molar-refractivity contribution is 7.97. The number of alkyl halides is 3. The molecular weight excluding hydrogens is 192 g/mol. The van der Waals surface area contributed by atoms with Crippen LogP contribution in [0, 0.1) is 0 Å². The summed E-state index contributed by atoms with van der Waals surface area (Å²) in [4.78, 5) is 0. The first-order valence-corrected chi connectivity index (χ1v) is 3.55. The Morgan fingerprint density at radius 3 is 2.40 bits per heavy atom. The molecule has 60 valence electrons. The van der Waals surface area contributed by atoms with Crippen molar-refractivity contribution in [1.82, 2.24) is 0 Å². The lowest BCUT2D eigenvalue weighted by Crippen LogP contribution is -2.24. The molecule has 0 saturated heterocycles. The van der Waals surface area contributed by atoms with E-state index in [4.69, 9.17) is 5.11 Å².